The first-order valence-electron chi connectivity index (χ1n) is 6.88. The Labute approximate surface area is 116 Å². The fourth-order valence-electron chi connectivity index (χ4n) is 1.97. The van der Waals surface area contributed by atoms with Gasteiger partial charge in [0.05, 0.1) is 31.7 Å². The number of nitrogen functional groups attached to an aromatic ring is 1. The molecule has 0 saturated carbocycles. The average Bonchev–Trinajstić information content (AvgIpc) is 2.43. The highest BCUT2D eigenvalue weighted by Crippen LogP contribution is 2.04. The number of carbonyl (C=O) groups is 1. The molecule has 19 heavy (non-hydrogen) atoms. The van der Waals surface area contributed by atoms with Crippen molar-refractivity contribution in [3.63, 3.8) is 0 Å². The zero-order valence-electron chi connectivity index (χ0n) is 12.5. The van der Waals surface area contributed by atoms with Crippen molar-refractivity contribution in [3.8, 4) is 0 Å². The largest absolute Gasteiger partial charge is 0.478 e. The van der Waals surface area contributed by atoms with Crippen LogP contribution >= 0.6 is 0 Å². The lowest BCUT2D eigenvalue weighted by Crippen LogP contribution is -2.47. The molecule has 4 heteroatoms. The van der Waals surface area contributed by atoms with Crippen molar-refractivity contribution in [2.45, 2.75) is 27.7 Å². The number of carboxylic acids is 1. The van der Waals surface area contributed by atoms with E-state index >= 15 is 0 Å². The summed E-state index contributed by atoms with van der Waals surface area (Å²) in [6.45, 7) is 14.2. The van der Waals surface area contributed by atoms with Gasteiger partial charge in [-0.15, -0.1) is 0 Å². The van der Waals surface area contributed by atoms with Gasteiger partial charge in [-0.3, -0.25) is 0 Å². The number of aromatic carboxylic acids is 1. The van der Waals surface area contributed by atoms with Gasteiger partial charge in [0.2, 0.25) is 0 Å². The van der Waals surface area contributed by atoms with E-state index in [-0.39, 0.29) is 5.56 Å². The van der Waals surface area contributed by atoms with Gasteiger partial charge >= 0.3 is 5.97 Å². The van der Waals surface area contributed by atoms with Gasteiger partial charge in [-0.25, -0.2) is 4.79 Å². The highest BCUT2D eigenvalue weighted by atomic mass is 16.4. The summed E-state index contributed by atoms with van der Waals surface area (Å²) in [6, 6.07) is 6.06. The predicted octanol–water partition coefficient (Wildman–Crippen LogP) is 2.85. The maximum absolute atomic E-state index is 10.3. The maximum atomic E-state index is 10.3. The molecular formula is C15H27N2O2+. The van der Waals surface area contributed by atoms with Crippen molar-refractivity contribution < 1.29 is 14.4 Å². The molecule has 0 heterocycles. The van der Waals surface area contributed by atoms with Crippen molar-refractivity contribution in [3.05, 3.63) is 29.8 Å². The van der Waals surface area contributed by atoms with Crippen LogP contribution in [0.4, 0.5) is 5.69 Å². The first-order chi connectivity index (χ1) is 8.94. The summed E-state index contributed by atoms with van der Waals surface area (Å²) < 4.78 is 1.28. The van der Waals surface area contributed by atoms with Gasteiger partial charge in [0.15, 0.2) is 0 Å². The molecule has 1 aromatic rings. The van der Waals surface area contributed by atoms with E-state index in [0.29, 0.717) is 5.69 Å². The van der Waals surface area contributed by atoms with Gasteiger partial charge in [0.1, 0.15) is 0 Å². The van der Waals surface area contributed by atoms with Crippen molar-refractivity contribution in [1.82, 2.24) is 0 Å². The number of hydrogen-bond acceptors (Lipinski definition) is 2. The Morgan fingerprint density at radius 2 is 1.37 bits per heavy atom. The van der Waals surface area contributed by atoms with E-state index in [2.05, 4.69) is 27.7 Å². The van der Waals surface area contributed by atoms with Crippen molar-refractivity contribution in [2.24, 2.45) is 0 Å². The van der Waals surface area contributed by atoms with Gasteiger partial charge in [-0.1, -0.05) is 0 Å². The van der Waals surface area contributed by atoms with Crippen LogP contribution in [0.15, 0.2) is 24.3 Å². The van der Waals surface area contributed by atoms with Crippen LogP contribution in [0.5, 0.6) is 0 Å². The zero-order chi connectivity index (χ0) is 14.9. The van der Waals surface area contributed by atoms with Crippen LogP contribution in [0.2, 0.25) is 0 Å². The fraction of sp³-hybridized carbons (Fsp3) is 0.533. The van der Waals surface area contributed by atoms with Gasteiger partial charge in [-0.05, 0) is 52.0 Å². The molecule has 0 aromatic heterocycles. The minimum Gasteiger partial charge on any atom is -0.478 e. The van der Waals surface area contributed by atoms with Crippen molar-refractivity contribution >= 4 is 11.7 Å². The lowest BCUT2D eigenvalue weighted by molar-refractivity contribution is -0.921. The SMILES string of the molecule is CC[N+](CC)(CC)CC.Nc1ccc(C(=O)O)cc1. The third kappa shape index (κ3) is 5.75. The third-order valence-electron chi connectivity index (χ3n) is 3.84. The quantitative estimate of drug-likeness (QED) is 0.637. The molecular weight excluding hydrogens is 240 g/mol. The number of nitrogens with two attached hydrogens (primary N) is 1. The Balaban J connectivity index is 0.000000344. The monoisotopic (exact) mass is 267 g/mol. The molecule has 0 atom stereocenters. The second-order valence-corrected chi connectivity index (χ2v) is 4.53. The number of anilines is 1. The standard InChI is InChI=1S/C8H20N.C7H7NO2/c1-5-9(6-2,7-3)8-4;8-6-3-1-5(2-4-6)7(9)10/h5-8H2,1-4H3;1-4H,8H2,(H,9,10)/q+1;. The number of quaternary nitrogens is 1. The first kappa shape index (κ1) is 17.4. The van der Waals surface area contributed by atoms with E-state index in [1.54, 1.807) is 12.1 Å². The van der Waals surface area contributed by atoms with Crippen LogP contribution in [-0.4, -0.2) is 41.7 Å². The lowest BCUT2D eigenvalue weighted by Gasteiger charge is -2.34. The van der Waals surface area contributed by atoms with Crippen LogP contribution in [0, 0.1) is 0 Å². The number of benzene rings is 1. The van der Waals surface area contributed by atoms with Crippen LogP contribution < -0.4 is 5.73 Å². The van der Waals surface area contributed by atoms with E-state index in [1.165, 1.54) is 42.8 Å². The van der Waals surface area contributed by atoms with E-state index < -0.39 is 5.97 Å². The summed E-state index contributed by atoms with van der Waals surface area (Å²) in [4.78, 5) is 10.3. The topological polar surface area (TPSA) is 63.3 Å². The summed E-state index contributed by atoms with van der Waals surface area (Å²) in [5, 5.41) is 8.43. The Hall–Kier alpha value is -1.55. The first-order valence-corrected chi connectivity index (χ1v) is 6.88. The number of nitrogens with zero attached hydrogens (tertiary/aromatic N) is 1. The Bertz CT molecular complexity index is 353. The maximum Gasteiger partial charge on any atom is 0.335 e. The van der Waals surface area contributed by atoms with Crippen molar-refractivity contribution in [1.29, 1.82) is 0 Å². The van der Waals surface area contributed by atoms with E-state index in [9.17, 15) is 4.79 Å². The molecule has 108 valence electrons. The second kappa shape index (κ2) is 8.53. The minimum absolute atomic E-state index is 0.259. The molecule has 0 aliphatic rings. The fourth-order valence-corrected chi connectivity index (χ4v) is 1.97. The lowest BCUT2D eigenvalue weighted by atomic mass is 10.2. The van der Waals surface area contributed by atoms with Gasteiger partial charge in [-0.2, -0.15) is 0 Å². The van der Waals surface area contributed by atoms with Crippen LogP contribution in [0.1, 0.15) is 38.1 Å². The van der Waals surface area contributed by atoms with Gasteiger partial charge in [0, 0.05) is 5.69 Å². The Morgan fingerprint density at radius 3 is 1.58 bits per heavy atom. The average molecular weight is 267 g/mol. The second-order valence-electron chi connectivity index (χ2n) is 4.53. The van der Waals surface area contributed by atoms with Crippen LogP contribution in [0.3, 0.4) is 0 Å². The summed E-state index contributed by atoms with van der Waals surface area (Å²) in [6.07, 6.45) is 0. The molecule has 0 bridgehead atoms. The van der Waals surface area contributed by atoms with Gasteiger partial charge < -0.3 is 15.3 Å². The molecule has 3 N–H and O–H groups in total. The van der Waals surface area contributed by atoms with E-state index in [4.69, 9.17) is 10.8 Å². The summed E-state index contributed by atoms with van der Waals surface area (Å²) in [7, 11) is 0. The molecule has 0 spiro atoms. The molecule has 0 radical (unpaired) electrons. The molecule has 0 saturated heterocycles. The summed E-state index contributed by atoms with van der Waals surface area (Å²) in [5.74, 6) is -0.931. The third-order valence-corrected chi connectivity index (χ3v) is 3.84. The van der Waals surface area contributed by atoms with Crippen LogP contribution in [-0.2, 0) is 0 Å². The molecule has 0 fully saturated rings. The normalized spacial score (nSPS) is 10.5. The zero-order valence-corrected chi connectivity index (χ0v) is 12.5. The summed E-state index contributed by atoms with van der Waals surface area (Å²) in [5.41, 5.74) is 6.17. The molecule has 0 amide bonds. The molecule has 0 aliphatic heterocycles. The molecule has 4 nitrogen and oxygen atoms in total. The number of carboxylic acid groups (broad SMARTS) is 1. The highest BCUT2D eigenvalue weighted by Gasteiger charge is 2.16. The van der Waals surface area contributed by atoms with Crippen molar-refractivity contribution in [2.75, 3.05) is 31.9 Å². The molecule has 1 rings (SSSR count). The summed E-state index contributed by atoms with van der Waals surface area (Å²) >= 11 is 0. The molecule has 0 aliphatic carbocycles. The molecule has 1 aromatic carbocycles. The van der Waals surface area contributed by atoms with E-state index in [0.717, 1.165) is 0 Å². The minimum atomic E-state index is -0.931. The highest BCUT2D eigenvalue weighted by molar-refractivity contribution is 5.87. The number of hydrogen-bond donors (Lipinski definition) is 2. The van der Waals surface area contributed by atoms with E-state index in [1.807, 2.05) is 0 Å². The van der Waals surface area contributed by atoms with Crippen LogP contribution in [0.25, 0.3) is 0 Å². The number of rotatable bonds is 5. The Morgan fingerprint density at radius 1 is 1.00 bits per heavy atom. The Kier molecular flexibility index (Phi) is 7.84. The smallest absolute Gasteiger partial charge is 0.335 e. The molecule has 0 unspecified atom stereocenters. The predicted molar refractivity (Wildman–Crippen MR) is 80.2 cm³/mol. The van der Waals surface area contributed by atoms with Gasteiger partial charge in [0.25, 0.3) is 0 Å².